The van der Waals surface area contributed by atoms with Crippen LogP contribution in [-0.4, -0.2) is 16.1 Å². The van der Waals surface area contributed by atoms with Crippen LogP contribution in [0.3, 0.4) is 0 Å². The van der Waals surface area contributed by atoms with E-state index < -0.39 is 0 Å². The predicted molar refractivity (Wildman–Crippen MR) is 46.9 cm³/mol. The van der Waals surface area contributed by atoms with E-state index in [1.165, 1.54) is 0 Å². The minimum atomic E-state index is -0.374. The maximum absolute atomic E-state index is 10.8. The molecule has 1 amide bonds. The molecule has 0 radical (unpaired) electrons. The number of amides is 1. The largest absolute Gasteiger partial charge is 0.289 e. The Hall–Kier alpha value is -1.07. The number of carbonyl (C=O) groups is 1. The second-order valence-electron chi connectivity index (χ2n) is 2.11. The van der Waals surface area contributed by atoms with Gasteiger partial charge in [0.25, 0.3) is 5.91 Å². The summed E-state index contributed by atoms with van der Waals surface area (Å²) in [6.07, 6.45) is 0.824. The van der Waals surface area contributed by atoms with Gasteiger partial charge in [0.1, 0.15) is 0 Å². The van der Waals surface area contributed by atoms with Crippen LogP contribution in [0.2, 0.25) is 0 Å². The van der Waals surface area contributed by atoms with Crippen molar-refractivity contribution in [2.24, 2.45) is 5.84 Å². The fourth-order valence-corrected chi connectivity index (χ4v) is 0.733. The number of nitrogens with two attached hydrogens (primary N) is 1. The monoisotopic (exact) mass is 190 g/mol. The van der Waals surface area contributed by atoms with E-state index in [2.05, 4.69) is 10.2 Å². The molecule has 4 N–H and O–H groups in total. The van der Waals surface area contributed by atoms with E-state index in [1.807, 2.05) is 12.3 Å². The average molecular weight is 191 g/mol. The highest BCUT2D eigenvalue weighted by Crippen LogP contribution is 1.98. The highest BCUT2D eigenvalue weighted by atomic mass is 35.5. The lowest BCUT2D eigenvalue weighted by molar-refractivity contribution is 0.0948. The summed E-state index contributed by atoms with van der Waals surface area (Å²) < 4.78 is 0. The number of halogens is 1. The Balaban J connectivity index is 0.00000121. The minimum absolute atomic E-state index is 0. The number of rotatable bonds is 2. The third-order valence-corrected chi connectivity index (χ3v) is 1.38. The second kappa shape index (κ2) is 4.74. The van der Waals surface area contributed by atoms with E-state index in [1.54, 1.807) is 6.07 Å². The van der Waals surface area contributed by atoms with E-state index in [9.17, 15) is 4.79 Å². The molecule has 6 heteroatoms. The van der Waals surface area contributed by atoms with E-state index in [0.29, 0.717) is 5.69 Å². The molecule has 0 aliphatic heterocycles. The van der Waals surface area contributed by atoms with Gasteiger partial charge in [0.2, 0.25) is 0 Å². The first kappa shape index (κ1) is 10.9. The van der Waals surface area contributed by atoms with Crippen LogP contribution in [0, 0.1) is 0 Å². The predicted octanol–water partition coefficient (Wildman–Crippen LogP) is -0.00260. The first-order valence-electron chi connectivity index (χ1n) is 3.33. The molecule has 68 valence electrons. The van der Waals surface area contributed by atoms with Crippen LogP contribution in [0.25, 0.3) is 0 Å². The van der Waals surface area contributed by atoms with Gasteiger partial charge < -0.3 is 0 Å². The number of hydrazine groups is 1. The molecule has 0 saturated carbocycles. The van der Waals surface area contributed by atoms with Crippen LogP contribution in [0.4, 0.5) is 0 Å². The second-order valence-corrected chi connectivity index (χ2v) is 2.11. The van der Waals surface area contributed by atoms with Crippen molar-refractivity contribution >= 4 is 18.3 Å². The van der Waals surface area contributed by atoms with E-state index >= 15 is 0 Å². The Morgan fingerprint density at radius 1 is 1.83 bits per heavy atom. The van der Waals surface area contributed by atoms with Crippen LogP contribution < -0.4 is 11.3 Å². The normalized spacial score (nSPS) is 8.83. The van der Waals surface area contributed by atoms with Crippen LogP contribution in [0.5, 0.6) is 0 Å². The summed E-state index contributed by atoms with van der Waals surface area (Å²) in [6.45, 7) is 1.97. The molecular formula is C6H11ClN4O. The van der Waals surface area contributed by atoms with Gasteiger partial charge in [-0.3, -0.25) is 15.3 Å². The summed E-state index contributed by atoms with van der Waals surface area (Å²) in [7, 11) is 0. The lowest BCUT2D eigenvalue weighted by Gasteiger charge is -1.89. The zero-order chi connectivity index (χ0) is 8.27. The number of hydrogen-bond donors (Lipinski definition) is 3. The number of aromatic amines is 1. The maximum Gasteiger partial charge on any atom is 0.285 e. The van der Waals surface area contributed by atoms with Gasteiger partial charge in [-0.2, -0.15) is 5.10 Å². The molecule has 0 aliphatic carbocycles. The molecule has 12 heavy (non-hydrogen) atoms. The summed E-state index contributed by atoms with van der Waals surface area (Å²) in [5, 5.41) is 6.44. The van der Waals surface area contributed by atoms with Crippen molar-refractivity contribution in [3.63, 3.8) is 0 Å². The zero-order valence-corrected chi connectivity index (χ0v) is 7.44. The first-order valence-corrected chi connectivity index (χ1v) is 3.33. The Morgan fingerprint density at radius 3 is 2.92 bits per heavy atom. The van der Waals surface area contributed by atoms with E-state index in [-0.39, 0.29) is 18.3 Å². The zero-order valence-electron chi connectivity index (χ0n) is 6.63. The molecule has 0 spiro atoms. The van der Waals surface area contributed by atoms with Crippen LogP contribution in [0.1, 0.15) is 23.1 Å². The fraction of sp³-hybridized carbons (Fsp3) is 0.333. The number of nitrogens with zero attached hydrogens (tertiary/aromatic N) is 1. The van der Waals surface area contributed by atoms with Gasteiger partial charge in [-0.05, 0) is 12.5 Å². The molecule has 0 aliphatic rings. The third kappa shape index (κ3) is 2.21. The molecule has 0 saturated heterocycles. The summed E-state index contributed by atoms with van der Waals surface area (Å²) in [6, 6.07) is 1.67. The van der Waals surface area contributed by atoms with E-state index in [0.717, 1.165) is 12.1 Å². The van der Waals surface area contributed by atoms with Crippen LogP contribution >= 0.6 is 12.4 Å². The molecule has 1 aromatic rings. The smallest absolute Gasteiger partial charge is 0.285 e. The van der Waals surface area contributed by atoms with Crippen molar-refractivity contribution in [3.8, 4) is 0 Å². The van der Waals surface area contributed by atoms with Crippen molar-refractivity contribution in [2.75, 3.05) is 0 Å². The van der Waals surface area contributed by atoms with Gasteiger partial charge in [-0.25, -0.2) is 5.84 Å². The third-order valence-electron chi connectivity index (χ3n) is 1.38. The number of aryl methyl sites for hydroxylation is 1. The summed E-state index contributed by atoms with van der Waals surface area (Å²) >= 11 is 0. The number of H-pyrrole nitrogens is 1. The number of nitrogen functional groups attached to an aromatic ring is 1. The quantitative estimate of drug-likeness (QED) is 0.349. The number of carbonyl (C=O) groups excluding carboxylic acids is 1. The van der Waals surface area contributed by atoms with E-state index in [4.69, 9.17) is 5.84 Å². The molecule has 1 heterocycles. The minimum Gasteiger partial charge on any atom is -0.289 e. The van der Waals surface area contributed by atoms with Gasteiger partial charge in [0, 0.05) is 5.69 Å². The Kier molecular flexibility index (Phi) is 4.31. The van der Waals surface area contributed by atoms with Crippen molar-refractivity contribution in [2.45, 2.75) is 13.3 Å². The van der Waals surface area contributed by atoms with Gasteiger partial charge in [0.15, 0.2) is 5.69 Å². The maximum atomic E-state index is 10.8. The standard InChI is InChI=1S/C6H10N4O.ClH/c1-2-4-3-5(10-9-4)6(11)8-7;/h3H,2,7H2,1H3,(H,8,11)(H,9,10);1H. The van der Waals surface area contributed by atoms with Gasteiger partial charge >= 0.3 is 0 Å². The van der Waals surface area contributed by atoms with Crippen molar-refractivity contribution in [1.29, 1.82) is 0 Å². The summed E-state index contributed by atoms with van der Waals surface area (Å²) in [5.41, 5.74) is 3.24. The molecule has 1 rings (SSSR count). The lowest BCUT2D eigenvalue weighted by atomic mass is 10.3. The SMILES string of the molecule is CCc1cc(C(=O)NN)n[nH]1.Cl. The Morgan fingerprint density at radius 2 is 2.50 bits per heavy atom. The van der Waals surface area contributed by atoms with Gasteiger partial charge in [-0.15, -0.1) is 12.4 Å². The van der Waals surface area contributed by atoms with Gasteiger partial charge in [-0.1, -0.05) is 6.92 Å². The number of aromatic nitrogens is 2. The lowest BCUT2D eigenvalue weighted by Crippen LogP contribution is -2.30. The van der Waals surface area contributed by atoms with Crippen LogP contribution in [0.15, 0.2) is 6.07 Å². The molecular weight excluding hydrogens is 180 g/mol. The molecule has 1 aromatic heterocycles. The Bertz CT molecular complexity index is 260. The molecule has 5 nitrogen and oxygen atoms in total. The molecule has 0 bridgehead atoms. The first-order chi connectivity index (χ1) is 5.27. The molecule has 0 atom stereocenters. The van der Waals surface area contributed by atoms with Crippen molar-refractivity contribution in [1.82, 2.24) is 15.6 Å². The fourth-order valence-electron chi connectivity index (χ4n) is 0.733. The Labute approximate surface area is 76.1 Å². The van der Waals surface area contributed by atoms with Crippen molar-refractivity contribution in [3.05, 3.63) is 17.5 Å². The summed E-state index contributed by atoms with van der Waals surface area (Å²) in [5.74, 6) is 4.53. The van der Waals surface area contributed by atoms with Crippen LogP contribution in [-0.2, 0) is 6.42 Å². The number of nitrogens with one attached hydrogen (secondary N) is 2. The highest BCUT2D eigenvalue weighted by molar-refractivity contribution is 5.91. The summed E-state index contributed by atoms with van der Waals surface area (Å²) in [4.78, 5) is 10.8. The molecule has 0 aromatic carbocycles. The average Bonchev–Trinajstić information content (AvgIpc) is 2.50. The topological polar surface area (TPSA) is 83.8 Å². The number of hydrogen-bond acceptors (Lipinski definition) is 3. The van der Waals surface area contributed by atoms with Crippen molar-refractivity contribution < 1.29 is 4.79 Å². The highest BCUT2D eigenvalue weighted by Gasteiger charge is 2.06. The molecule has 0 fully saturated rings. The molecule has 0 unspecified atom stereocenters. The van der Waals surface area contributed by atoms with Gasteiger partial charge in [0.05, 0.1) is 0 Å².